The second-order valence-corrected chi connectivity index (χ2v) is 4.32. The Morgan fingerprint density at radius 3 is 2.68 bits per heavy atom. The molecule has 0 aliphatic rings. The van der Waals surface area contributed by atoms with E-state index in [1.54, 1.807) is 0 Å². The Balaban J connectivity index is 2.35. The number of hydrogen-bond donors (Lipinski definition) is 1. The average molecular weight is 260 g/mol. The number of unbranched alkanes of at least 4 members (excludes halogenated alkanes) is 2. The summed E-state index contributed by atoms with van der Waals surface area (Å²) < 4.78 is 5.01. The van der Waals surface area contributed by atoms with E-state index in [1.807, 2.05) is 31.2 Å². The summed E-state index contributed by atoms with van der Waals surface area (Å²) in [5.74, 6) is 0. The lowest BCUT2D eigenvalue weighted by Crippen LogP contribution is -2.14. The number of nitriles is 1. The van der Waals surface area contributed by atoms with Gasteiger partial charge in [-0.2, -0.15) is 5.26 Å². The minimum absolute atomic E-state index is 0.411. The zero-order valence-corrected chi connectivity index (χ0v) is 11.3. The minimum atomic E-state index is -0.411. The van der Waals surface area contributed by atoms with E-state index in [1.165, 1.54) is 5.56 Å². The Morgan fingerprint density at radius 2 is 2.05 bits per heavy atom. The van der Waals surface area contributed by atoms with Crippen molar-refractivity contribution in [1.29, 1.82) is 5.26 Å². The van der Waals surface area contributed by atoms with Crippen LogP contribution >= 0.6 is 0 Å². The summed E-state index contributed by atoms with van der Waals surface area (Å²) in [4.78, 5) is 11.4. The number of ether oxygens (including phenoxy) is 1. The van der Waals surface area contributed by atoms with Crippen molar-refractivity contribution in [2.24, 2.45) is 0 Å². The van der Waals surface area contributed by atoms with Gasteiger partial charge in [-0.3, -0.25) is 5.32 Å². The topological polar surface area (TPSA) is 62.1 Å². The molecule has 1 amide bonds. The minimum Gasteiger partial charge on any atom is -0.449 e. The molecule has 1 aromatic rings. The summed E-state index contributed by atoms with van der Waals surface area (Å²) in [5.41, 5.74) is 1.89. The number of nitrogens with zero attached hydrogens (tertiary/aromatic N) is 1. The summed E-state index contributed by atoms with van der Waals surface area (Å²) in [6, 6.07) is 9.74. The van der Waals surface area contributed by atoms with Gasteiger partial charge < -0.3 is 4.74 Å². The Bertz CT molecular complexity index is 421. The highest BCUT2D eigenvalue weighted by Gasteiger charge is 2.02. The Morgan fingerprint density at radius 1 is 1.32 bits per heavy atom. The molecule has 0 aliphatic heterocycles. The van der Waals surface area contributed by atoms with Crippen molar-refractivity contribution < 1.29 is 9.53 Å². The van der Waals surface area contributed by atoms with E-state index in [9.17, 15) is 4.79 Å². The van der Waals surface area contributed by atoms with E-state index in [4.69, 9.17) is 10.00 Å². The number of benzene rings is 1. The van der Waals surface area contributed by atoms with Crippen molar-refractivity contribution in [2.75, 3.05) is 11.9 Å². The zero-order chi connectivity index (χ0) is 13.9. The second-order valence-electron chi connectivity index (χ2n) is 4.32. The standard InChI is InChI=1S/C15H20N2O2/c1-2-3-12-19-15(18)17-14-9-7-13(8-10-14)6-4-5-11-16/h7-10H,2-6,12H2,1H3,(H,17,18). The molecule has 0 atom stereocenters. The van der Waals surface area contributed by atoms with E-state index >= 15 is 0 Å². The van der Waals surface area contributed by atoms with Gasteiger partial charge in [0.25, 0.3) is 0 Å². The number of aryl methyl sites for hydroxylation is 1. The summed E-state index contributed by atoms with van der Waals surface area (Å²) >= 11 is 0. The molecule has 0 aromatic heterocycles. The van der Waals surface area contributed by atoms with E-state index < -0.39 is 6.09 Å². The molecule has 0 aliphatic carbocycles. The Hall–Kier alpha value is -2.02. The molecule has 0 spiro atoms. The van der Waals surface area contributed by atoms with Crippen molar-refractivity contribution in [2.45, 2.75) is 39.0 Å². The van der Waals surface area contributed by atoms with Crippen LogP contribution in [0.2, 0.25) is 0 Å². The van der Waals surface area contributed by atoms with Crippen LogP contribution in [0, 0.1) is 11.3 Å². The summed E-state index contributed by atoms with van der Waals surface area (Å²) in [6.07, 6.45) is 3.79. The van der Waals surface area contributed by atoms with Crippen LogP contribution in [0.4, 0.5) is 10.5 Å². The van der Waals surface area contributed by atoms with Crippen molar-refractivity contribution >= 4 is 11.8 Å². The molecular formula is C15H20N2O2. The quantitative estimate of drug-likeness (QED) is 0.757. The molecule has 0 radical (unpaired) electrons. The maximum absolute atomic E-state index is 11.4. The lowest BCUT2D eigenvalue weighted by Gasteiger charge is -2.07. The van der Waals surface area contributed by atoms with Crippen molar-refractivity contribution in [3.8, 4) is 6.07 Å². The van der Waals surface area contributed by atoms with Crippen LogP contribution in [0.5, 0.6) is 0 Å². The smallest absolute Gasteiger partial charge is 0.411 e. The summed E-state index contributed by atoms with van der Waals surface area (Å²) in [5, 5.41) is 11.1. The molecule has 4 nitrogen and oxygen atoms in total. The predicted octanol–water partition coefficient (Wildman–Crippen LogP) is 3.88. The molecule has 4 heteroatoms. The van der Waals surface area contributed by atoms with Crippen LogP contribution < -0.4 is 5.32 Å². The largest absolute Gasteiger partial charge is 0.449 e. The Kier molecular flexibility index (Phi) is 7.11. The number of hydrogen-bond acceptors (Lipinski definition) is 3. The van der Waals surface area contributed by atoms with E-state index in [-0.39, 0.29) is 0 Å². The van der Waals surface area contributed by atoms with Gasteiger partial charge in [-0.1, -0.05) is 25.5 Å². The van der Waals surface area contributed by atoms with Crippen LogP contribution in [0.3, 0.4) is 0 Å². The number of rotatable bonds is 7. The third kappa shape index (κ3) is 6.46. The number of nitrogens with one attached hydrogen (secondary N) is 1. The molecule has 0 heterocycles. The molecule has 1 rings (SSSR count). The highest BCUT2D eigenvalue weighted by molar-refractivity contribution is 5.84. The number of carbonyl (C=O) groups is 1. The maximum atomic E-state index is 11.4. The fourth-order valence-corrected chi connectivity index (χ4v) is 1.59. The van der Waals surface area contributed by atoms with Gasteiger partial charge in [0.1, 0.15) is 0 Å². The third-order valence-electron chi connectivity index (χ3n) is 2.69. The van der Waals surface area contributed by atoms with Crippen molar-refractivity contribution in [3.05, 3.63) is 29.8 Å². The van der Waals surface area contributed by atoms with Gasteiger partial charge in [0.2, 0.25) is 0 Å². The molecular weight excluding hydrogens is 240 g/mol. The molecule has 1 N–H and O–H groups in total. The third-order valence-corrected chi connectivity index (χ3v) is 2.69. The molecule has 0 unspecified atom stereocenters. The molecule has 0 saturated carbocycles. The fourth-order valence-electron chi connectivity index (χ4n) is 1.59. The lowest BCUT2D eigenvalue weighted by atomic mass is 10.1. The molecule has 19 heavy (non-hydrogen) atoms. The van der Waals surface area contributed by atoms with E-state index in [0.29, 0.717) is 13.0 Å². The first-order valence-electron chi connectivity index (χ1n) is 6.66. The van der Waals surface area contributed by atoms with Gasteiger partial charge in [0.15, 0.2) is 0 Å². The van der Waals surface area contributed by atoms with Gasteiger partial charge in [0.05, 0.1) is 12.7 Å². The molecule has 1 aromatic carbocycles. The van der Waals surface area contributed by atoms with Crippen molar-refractivity contribution in [3.63, 3.8) is 0 Å². The monoisotopic (exact) mass is 260 g/mol. The van der Waals surface area contributed by atoms with Crippen LogP contribution in [-0.4, -0.2) is 12.7 Å². The summed E-state index contributed by atoms with van der Waals surface area (Å²) in [7, 11) is 0. The SMILES string of the molecule is CCCCOC(=O)Nc1ccc(CCCC#N)cc1. The second kappa shape index (κ2) is 8.98. The highest BCUT2D eigenvalue weighted by atomic mass is 16.5. The zero-order valence-electron chi connectivity index (χ0n) is 11.3. The van der Waals surface area contributed by atoms with Gasteiger partial charge in [0, 0.05) is 12.1 Å². The van der Waals surface area contributed by atoms with Gasteiger partial charge in [-0.25, -0.2) is 4.79 Å². The summed E-state index contributed by atoms with van der Waals surface area (Å²) in [6.45, 7) is 2.50. The van der Waals surface area contributed by atoms with E-state index in [2.05, 4.69) is 11.4 Å². The molecule has 0 bridgehead atoms. The number of amides is 1. The van der Waals surface area contributed by atoms with Gasteiger partial charge in [-0.15, -0.1) is 0 Å². The first-order chi connectivity index (χ1) is 9.26. The van der Waals surface area contributed by atoms with Gasteiger partial charge >= 0.3 is 6.09 Å². The average Bonchev–Trinajstić information content (AvgIpc) is 2.41. The normalized spacial score (nSPS) is 9.68. The van der Waals surface area contributed by atoms with Crippen LogP contribution in [0.1, 0.15) is 38.2 Å². The molecule has 0 fully saturated rings. The maximum Gasteiger partial charge on any atom is 0.411 e. The van der Waals surface area contributed by atoms with Crippen LogP contribution in [-0.2, 0) is 11.2 Å². The van der Waals surface area contributed by atoms with Gasteiger partial charge in [-0.05, 0) is 37.0 Å². The fraction of sp³-hybridized carbons (Fsp3) is 0.467. The predicted molar refractivity (Wildman–Crippen MR) is 74.9 cm³/mol. The van der Waals surface area contributed by atoms with Crippen LogP contribution in [0.15, 0.2) is 24.3 Å². The highest BCUT2D eigenvalue weighted by Crippen LogP contribution is 2.12. The first kappa shape index (κ1) is 15.0. The lowest BCUT2D eigenvalue weighted by molar-refractivity contribution is 0.160. The van der Waals surface area contributed by atoms with E-state index in [0.717, 1.165) is 31.4 Å². The number of anilines is 1. The Labute approximate surface area is 114 Å². The van der Waals surface area contributed by atoms with Crippen molar-refractivity contribution in [1.82, 2.24) is 0 Å². The number of carbonyl (C=O) groups excluding carboxylic acids is 1. The molecule has 0 saturated heterocycles. The molecule has 102 valence electrons. The first-order valence-corrected chi connectivity index (χ1v) is 6.66. The van der Waals surface area contributed by atoms with Crippen LogP contribution in [0.25, 0.3) is 0 Å².